The van der Waals surface area contributed by atoms with Gasteiger partial charge < -0.3 is 4.74 Å². The first-order valence-corrected chi connectivity index (χ1v) is 9.37. The molecule has 1 N–H and O–H groups in total. The van der Waals surface area contributed by atoms with Gasteiger partial charge in [0.1, 0.15) is 0 Å². The van der Waals surface area contributed by atoms with Gasteiger partial charge in [0.05, 0.1) is 17.7 Å². The molecule has 0 saturated carbocycles. The molecule has 0 atom stereocenters. The van der Waals surface area contributed by atoms with Crippen LogP contribution in [0.5, 0.6) is 5.75 Å². The molecule has 0 aliphatic heterocycles. The normalized spacial score (nSPS) is 10.8. The average molecular weight is 429 g/mol. The van der Waals surface area contributed by atoms with Gasteiger partial charge in [-0.15, -0.1) is 16.4 Å². The van der Waals surface area contributed by atoms with Gasteiger partial charge in [-0.25, -0.2) is 4.52 Å². The maximum Gasteiger partial charge on any atom is 0.258 e. The van der Waals surface area contributed by atoms with Crippen molar-refractivity contribution in [2.75, 3.05) is 12.4 Å². The average Bonchev–Trinajstić information content (AvgIpc) is 3.31. The predicted molar refractivity (Wildman–Crippen MR) is 105 cm³/mol. The molecule has 0 saturated heterocycles. The number of hydrogen-bond acceptors (Lipinski definition) is 5. The van der Waals surface area contributed by atoms with Crippen LogP contribution in [-0.2, 0) is 0 Å². The van der Waals surface area contributed by atoms with Gasteiger partial charge in [0, 0.05) is 10.0 Å². The van der Waals surface area contributed by atoms with E-state index in [4.69, 9.17) is 4.74 Å². The third-order valence-corrected chi connectivity index (χ3v) is 5.19. The predicted octanol–water partition coefficient (Wildman–Crippen LogP) is 4.48. The van der Waals surface area contributed by atoms with Gasteiger partial charge >= 0.3 is 0 Å². The molecule has 3 aromatic heterocycles. The second kappa shape index (κ2) is 6.89. The Balaban J connectivity index is 1.73. The number of ether oxygens (including phenoxy) is 1. The van der Waals surface area contributed by atoms with Crippen LogP contribution in [0.4, 0.5) is 5.95 Å². The molecule has 0 fully saturated rings. The summed E-state index contributed by atoms with van der Waals surface area (Å²) in [5, 5.41) is 9.19. The van der Waals surface area contributed by atoms with Crippen LogP contribution in [-0.4, -0.2) is 27.6 Å². The molecule has 4 rings (SSSR count). The van der Waals surface area contributed by atoms with Crippen molar-refractivity contribution in [1.82, 2.24) is 14.6 Å². The Hall–Kier alpha value is -2.71. The number of carbonyl (C=O) groups is 1. The summed E-state index contributed by atoms with van der Waals surface area (Å²) in [6.45, 7) is 0. The number of amides is 1. The first-order valence-electron chi connectivity index (χ1n) is 7.70. The summed E-state index contributed by atoms with van der Waals surface area (Å²) in [6.07, 6.45) is 0. The van der Waals surface area contributed by atoms with E-state index in [1.165, 1.54) is 0 Å². The minimum atomic E-state index is -0.273. The number of methoxy groups -OCH3 is 1. The maximum absolute atomic E-state index is 12.4. The lowest BCUT2D eigenvalue weighted by Gasteiger charge is -2.05. The lowest BCUT2D eigenvalue weighted by atomic mass is 10.2. The highest BCUT2D eigenvalue weighted by Gasteiger charge is 2.16. The molecule has 0 aliphatic carbocycles. The minimum absolute atomic E-state index is 0.222. The number of aromatic nitrogens is 3. The summed E-state index contributed by atoms with van der Waals surface area (Å²) in [7, 11) is 1.58. The lowest BCUT2D eigenvalue weighted by Crippen LogP contribution is -2.12. The molecule has 3 heterocycles. The molecule has 6 nitrogen and oxygen atoms in total. The second-order valence-corrected chi connectivity index (χ2v) is 7.26. The number of nitrogens with one attached hydrogen (secondary N) is 1. The van der Waals surface area contributed by atoms with Crippen molar-refractivity contribution in [3.05, 3.63) is 63.9 Å². The molecule has 8 heteroatoms. The molecule has 0 bridgehead atoms. The van der Waals surface area contributed by atoms with Gasteiger partial charge in [0.15, 0.2) is 11.4 Å². The minimum Gasteiger partial charge on any atom is -0.493 e. The monoisotopic (exact) mass is 428 g/mol. The van der Waals surface area contributed by atoms with Gasteiger partial charge in [0.2, 0.25) is 5.95 Å². The molecule has 4 aromatic rings. The molecule has 0 unspecified atom stereocenters. The zero-order valence-corrected chi connectivity index (χ0v) is 16.0. The van der Waals surface area contributed by atoms with E-state index in [1.807, 2.05) is 41.8 Å². The van der Waals surface area contributed by atoms with Crippen LogP contribution in [0, 0.1) is 0 Å². The topological polar surface area (TPSA) is 68.5 Å². The zero-order chi connectivity index (χ0) is 18.1. The molecule has 0 spiro atoms. The molecule has 0 radical (unpaired) electrons. The highest BCUT2D eigenvalue weighted by molar-refractivity contribution is 9.10. The smallest absolute Gasteiger partial charge is 0.258 e. The fraction of sp³-hybridized carbons (Fsp3) is 0.0556. The number of fused-ring (bicyclic) bond motifs is 1. The standard InChI is InChI=1S/C18H13BrN4O2S/c1-25-14-9-8-13(15-3-2-10-26-15)23-16(14)20-18(22-23)21-17(24)11-4-6-12(19)7-5-11/h2-10H,1H3,(H,21,22,24). The Labute approximate surface area is 161 Å². The number of anilines is 1. The lowest BCUT2D eigenvalue weighted by molar-refractivity contribution is 0.102. The number of rotatable bonds is 4. The van der Waals surface area contributed by atoms with Crippen LogP contribution in [0.3, 0.4) is 0 Å². The van der Waals surface area contributed by atoms with Crippen molar-refractivity contribution in [3.8, 4) is 16.3 Å². The van der Waals surface area contributed by atoms with Crippen LogP contribution in [0.15, 0.2) is 58.4 Å². The fourth-order valence-electron chi connectivity index (χ4n) is 2.54. The summed E-state index contributed by atoms with van der Waals surface area (Å²) >= 11 is 4.96. The van der Waals surface area contributed by atoms with E-state index in [-0.39, 0.29) is 11.9 Å². The van der Waals surface area contributed by atoms with Crippen LogP contribution in [0.2, 0.25) is 0 Å². The molecule has 0 aliphatic rings. The van der Waals surface area contributed by atoms with E-state index >= 15 is 0 Å². The summed E-state index contributed by atoms with van der Waals surface area (Å²) in [5.41, 5.74) is 1.95. The van der Waals surface area contributed by atoms with E-state index in [0.29, 0.717) is 17.0 Å². The van der Waals surface area contributed by atoms with E-state index in [0.717, 1.165) is 15.0 Å². The fourth-order valence-corrected chi connectivity index (χ4v) is 3.54. The summed E-state index contributed by atoms with van der Waals surface area (Å²) < 4.78 is 7.97. The molecule has 1 amide bonds. The Morgan fingerprint density at radius 3 is 2.69 bits per heavy atom. The van der Waals surface area contributed by atoms with Gasteiger partial charge in [-0.2, -0.15) is 4.98 Å². The van der Waals surface area contributed by atoms with Crippen molar-refractivity contribution < 1.29 is 9.53 Å². The maximum atomic E-state index is 12.4. The molecular weight excluding hydrogens is 416 g/mol. The van der Waals surface area contributed by atoms with Crippen LogP contribution < -0.4 is 10.1 Å². The van der Waals surface area contributed by atoms with E-state index in [2.05, 4.69) is 31.3 Å². The number of carbonyl (C=O) groups excluding carboxylic acids is 1. The highest BCUT2D eigenvalue weighted by Crippen LogP contribution is 2.29. The van der Waals surface area contributed by atoms with Crippen LogP contribution in [0.25, 0.3) is 16.2 Å². The van der Waals surface area contributed by atoms with Crippen molar-refractivity contribution in [1.29, 1.82) is 0 Å². The third kappa shape index (κ3) is 3.09. The molecule has 130 valence electrons. The van der Waals surface area contributed by atoms with Crippen molar-refractivity contribution in [2.45, 2.75) is 0 Å². The number of halogens is 1. The first-order chi connectivity index (χ1) is 12.7. The summed E-state index contributed by atoms with van der Waals surface area (Å²) in [4.78, 5) is 17.9. The summed E-state index contributed by atoms with van der Waals surface area (Å²) in [5.74, 6) is 0.534. The molecule has 1 aromatic carbocycles. The van der Waals surface area contributed by atoms with E-state index in [9.17, 15) is 4.79 Å². The van der Waals surface area contributed by atoms with Gasteiger partial charge in [0.25, 0.3) is 5.91 Å². The van der Waals surface area contributed by atoms with Crippen LogP contribution in [0.1, 0.15) is 10.4 Å². The third-order valence-electron chi connectivity index (χ3n) is 3.77. The second-order valence-electron chi connectivity index (χ2n) is 5.40. The van der Waals surface area contributed by atoms with E-state index < -0.39 is 0 Å². The van der Waals surface area contributed by atoms with Crippen molar-refractivity contribution in [2.24, 2.45) is 0 Å². The summed E-state index contributed by atoms with van der Waals surface area (Å²) in [6, 6.07) is 14.8. The number of pyridine rings is 1. The molecular formula is C18H13BrN4O2S. The van der Waals surface area contributed by atoms with Gasteiger partial charge in [-0.3, -0.25) is 10.1 Å². The van der Waals surface area contributed by atoms with Gasteiger partial charge in [-0.05, 0) is 47.8 Å². The SMILES string of the molecule is COc1ccc(-c2cccs2)n2nc(NC(=O)c3ccc(Br)cc3)nc12. The van der Waals surface area contributed by atoms with Crippen LogP contribution >= 0.6 is 27.3 Å². The van der Waals surface area contributed by atoms with Crippen molar-refractivity contribution in [3.63, 3.8) is 0 Å². The van der Waals surface area contributed by atoms with Crippen molar-refractivity contribution >= 4 is 44.8 Å². The Morgan fingerprint density at radius 1 is 1.19 bits per heavy atom. The van der Waals surface area contributed by atoms with E-state index in [1.54, 1.807) is 35.1 Å². The Bertz CT molecular complexity index is 1070. The quantitative estimate of drug-likeness (QED) is 0.520. The van der Waals surface area contributed by atoms with Gasteiger partial charge in [-0.1, -0.05) is 22.0 Å². The number of nitrogens with zero attached hydrogens (tertiary/aromatic N) is 3. The highest BCUT2D eigenvalue weighted by atomic mass is 79.9. The largest absolute Gasteiger partial charge is 0.493 e. The zero-order valence-electron chi connectivity index (χ0n) is 13.6. The Morgan fingerprint density at radius 2 is 2.00 bits per heavy atom. The number of thiophene rings is 1. The molecule has 26 heavy (non-hydrogen) atoms. The number of benzene rings is 1. The Kier molecular flexibility index (Phi) is 4.44. The number of hydrogen-bond donors (Lipinski definition) is 1. The first kappa shape index (κ1) is 16.7.